The summed E-state index contributed by atoms with van der Waals surface area (Å²) in [5, 5.41) is 0. The van der Waals surface area contributed by atoms with E-state index in [1.54, 1.807) is 48.5 Å². The molecule has 3 rings (SSSR count). The van der Waals surface area contributed by atoms with Gasteiger partial charge in [-0.15, -0.1) is 0 Å². The van der Waals surface area contributed by atoms with Gasteiger partial charge in [-0.05, 0) is 11.1 Å². The van der Waals surface area contributed by atoms with Crippen LogP contribution in [0.4, 0.5) is 0 Å². The second kappa shape index (κ2) is 7.61. The van der Waals surface area contributed by atoms with Crippen LogP contribution in [-0.4, -0.2) is 12.3 Å². The molecule has 0 N–H and O–H groups in total. The van der Waals surface area contributed by atoms with Gasteiger partial charge in [-0.2, -0.15) is 0 Å². The Balaban J connectivity index is 2.30. The van der Waals surface area contributed by atoms with Crippen molar-refractivity contribution >= 4 is 12.3 Å². The first-order chi connectivity index (χ1) is 12.6. The first-order valence-corrected chi connectivity index (χ1v) is 8.01. The first-order valence-electron chi connectivity index (χ1n) is 8.01. The number of ether oxygens (including phenoxy) is 1. The van der Waals surface area contributed by atoms with Crippen molar-refractivity contribution in [1.29, 1.82) is 0 Å². The molecule has 130 valence electrons. The normalized spacial score (nSPS) is 10.3. The van der Waals surface area contributed by atoms with Crippen LogP contribution >= 0.6 is 0 Å². The molecule has 0 fully saturated rings. The highest BCUT2D eigenvalue weighted by molar-refractivity contribution is 5.86. The van der Waals surface area contributed by atoms with Gasteiger partial charge >= 0.3 is 5.97 Å². The smallest absolute Gasteiger partial charge is 0.303 e. The number of carbonyl (C=O) groups is 2. The van der Waals surface area contributed by atoms with Crippen molar-refractivity contribution in [3.8, 4) is 22.3 Å². The summed E-state index contributed by atoms with van der Waals surface area (Å²) in [6.07, 6.45) is 0.496. The van der Waals surface area contributed by atoms with E-state index < -0.39 is 5.97 Å². The summed E-state index contributed by atoms with van der Waals surface area (Å²) in [6.45, 7) is 1.03. The Bertz CT molecular complexity index is 988. The highest BCUT2D eigenvalue weighted by atomic mass is 16.5. The molecule has 0 atom stereocenters. The van der Waals surface area contributed by atoms with Crippen LogP contribution < -0.4 is 5.43 Å². The van der Waals surface area contributed by atoms with Gasteiger partial charge in [0, 0.05) is 6.92 Å². The Morgan fingerprint density at radius 2 is 1.50 bits per heavy atom. The van der Waals surface area contributed by atoms with Gasteiger partial charge in [-0.3, -0.25) is 14.4 Å². The molecular formula is C21H16O5. The van der Waals surface area contributed by atoms with E-state index in [4.69, 9.17) is 9.15 Å². The summed E-state index contributed by atoms with van der Waals surface area (Å²) in [6, 6.07) is 17.8. The molecule has 0 aliphatic heterocycles. The molecule has 0 saturated carbocycles. The summed E-state index contributed by atoms with van der Waals surface area (Å²) in [5.41, 5.74) is 1.32. The minimum Gasteiger partial charge on any atom is -0.458 e. The molecule has 5 nitrogen and oxygen atoms in total. The molecule has 0 amide bonds. The van der Waals surface area contributed by atoms with Crippen molar-refractivity contribution in [3.05, 3.63) is 82.4 Å². The van der Waals surface area contributed by atoms with Gasteiger partial charge in [-0.25, -0.2) is 0 Å². The van der Waals surface area contributed by atoms with Crippen molar-refractivity contribution in [2.45, 2.75) is 13.5 Å². The molecule has 1 heterocycles. The minimum atomic E-state index is -0.508. The van der Waals surface area contributed by atoms with Gasteiger partial charge in [0.2, 0.25) is 5.43 Å². The van der Waals surface area contributed by atoms with E-state index in [-0.39, 0.29) is 34.7 Å². The zero-order valence-electron chi connectivity index (χ0n) is 14.1. The lowest BCUT2D eigenvalue weighted by Crippen LogP contribution is -2.15. The zero-order chi connectivity index (χ0) is 18.5. The second-order valence-corrected chi connectivity index (χ2v) is 5.60. The largest absolute Gasteiger partial charge is 0.458 e. The maximum absolute atomic E-state index is 13.3. The molecule has 3 aromatic rings. The van der Waals surface area contributed by atoms with Crippen molar-refractivity contribution in [2.75, 3.05) is 0 Å². The monoisotopic (exact) mass is 348 g/mol. The van der Waals surface area contributed by atoms with Gasteiger partial charge in [-0.1, -0.05) is 60.7 Å². The highest BCUT2D eigenvalue weighted by Gasteiger charge is 2.22. The lowest BCUT2D eigenvalue weighted by atomic mass is 9.97. The number of carbonyl (C=O) groups excluding carboxylic acids is 2. The lowest BCUT2D eigenvalue weighted by molar-refractivity contribution is -0.142. The fourth-order valence-corrected chi connectivity index (χ4v) is 2.73. The van der Waals surface area contributed by atoms with E-state index in [1.165, 1.54) is 6.92 Å². The molecule has 0 aliphatic carbocycles. The van der Waals surface area contributed by atoms with Crippen LogP contribution in [0.1, 0.15) is 23.2 Å². The Morgan fingerprint density at radius 1 is 0.962 bits per heavy atom. The van der Waals surface area contributed by atoms with Crippen LogP contribution in [-0.2, 0) is 16.1 Å². The van der Waals surface area contributed by atoms with Crippen LogP contribution in [0.3, 0.4) is 0 Å². The quantitative estimate of drug-likeness (QED) is 0.517. The molecular weight excluding hydrogens is 332 g/mol. The molecule has 0 unspecified atom stereocenters. The van der Waals surface area contributed by atoms with E-state index in [0.717, 1.165) is 0 Å². The van der Waals surface area contributed by atoms with Gasteiger partial charge in [0.05, 0.1) is 11.1 Å². The van der Waals surface area contributed by atoms with Gasteiger partial charge in [0.1, 0.15) is 6.61 Å². The number of hydrogen-bond donors (Lipinski definition) is 0. The minimum absolute atomic E-state index is 0.0944. The fraction of sp³-hybridized carbons (Fsp3) is 0.0952. The van der Waals surface area contributed by atoms with Crippen LogP contribution in [0.5, 0.6) is 0 Å². The van der Waals surface area contributed by atoms with Crippen LogP contribution in [0.2, 0.25) is 0 Å². The fourth-order valence-electron chi connectivity index (χ4n) is 2.73. The predicted molar refractivity (Wildman–Crippen MR) is 96.7 cm³/mol. The van der Waals surface area contributed by atoms with E-state index >= 15 is 0 Å². The Labute approximate surface area is 149 Å². The van der Waals surface area contributed by atoms with Crippen molar-refractivity contribution in [2.24, 2.45) is 0 Å². The average molecular weight is 348 g/mol. The van der Waals surface area contributed by atoms with E-state index in [2.05, 4.69) is 0 Å². The summed E-state index contributed by atoms with van der Waals surface area (Å²) >= 11 is 0. The third-order valence-electron chi connectivity index (χ3n) is 3.85. The second-order valence-electron chi connectivity index (χ2n) is 5.60. The number of benzene rings is 2. The zero-order valence-corrected chi connectivity index (χ0v) is 14.1. The van der Waals surface area contributed by atoms with Crippen LogP contribution in [0, 0.1) is 0 Å². The predicted octanol–water partition coefficient (Wildman–Crippen LogP) is 3.85. The van der Waals surface area contributed by atoms with E-state index in [0.29, 0.717) is 17.4 Å². The number of hydrogen-bond acceptors (Lipinski definition) is 5. The summed E-state index contributed by atoms with van der Waals surface area (Å²) in [5.74, 6) is -0.465. The Kier molecular flexibility index (Phi) is 5.08. The highest BCUT2D eigenvalue weighted by Crippen LogP contribution is 2.28. The van der Waals surface area contributed by atoms with E-state index in [1.807, 2.05) is 12.1 Å². The molecule has 26 heavy (non-hydrogen) atoms. The van der Waals surface area contributed by atoms with Gasteiger partial charge < -0.3 is 9.15 Å². The number of rotatable bonds is 5. The Hall–Kier alpha value is -3.47. The topological polar surface area (TPSA) is 73.6 Å². The molecule has 1 aromatic heterocycles. The van der Waals surface area contributed by atoms with Crippen molar-refractivity contribution < 1.29 is 18.7 Å². The average Bonchev–Trinajstić information content (AvgIpc) is 2.67. The van der Waals surface area contributed by atoms with Crippen molar-refractivity contribution in [3.63, 3.8) is 0 Å². The summed E-state index contributed by atoms with van der Waals surface area (Å²) < 4.78 is 10.7. The number of aldehydes is 1. The summed E-state index contributed by atoms with van der Waals surface area (Å²) in [7, 11) is 0. The van der Waals surface area contributed by atoms with Gasteiger partial charge in [0.25, 0.3) is 0 Å². The molecule has 0 aliphatic rings. The SMILES string of the molecule is CC(=O)OCc1oc(C=O)c(-c2ccccc2)c(=O)c1-c1ccccc1. The molecule has 2 aromatic carbocycles. The first kappa shape index (κ1) is 17.4. The maximum atomic E-state index is 13.3. The summed E-state index contributed by atoms with van der Waals surface area (Å²) in [4.78, 5) is 36.0. The van der Waals surface area contributed by atoms with E-state index in [9.17, 15) is 14.4 Å². The van der Waals surface area contributed by atoms with Gasteiger partial charge in [0.15, 0.2) is 17.8 Å². The third-order valence-corrected chi connectivity index (χ3v) is 3.85. The molecule has 0 spiro atoms. The molecule has 5 heteroatoms. The molecule has 0 saturated heterocycles. The molecule has 0 bridgehead atoms. The Morgan fingerprint density at radius 3 is 2.00 bits per heavy atom. The standard InChI is InChI=1S/C21H16O5/c1-14(23)25-13-18-20(16-10-6-3-7-11-16)21(24)19(17(12-22)26-18)15-8-4-2-5-9-15/h2-12H,13H2,1H3. The van der Waals surface area contributed by atoms with Crippen LogP contribution in [0.15, 0.2) is 69.9 Å². The number of esters is 1. The third kappa shape index (κ3) is 3.47. The van der Waals surface area contributed by atoms with Crippen molar-refractivity contribution in [1.82, 2.24) is 0 Å². The lowest BCUT2D eigenvalue weighted by Gasteiger charge is -2.12. The van der Waals surface area contributed by atoms with Crippen LogP contribution in [0.25, 0.3) is 22.3 Å². The maximum Gasteiger partial charge on any atom is 0.303 e. The molecule has 0 radical (unpaired) electrons.